The maximum absolute atomic E-state index is 10.4. The van der Waals surface area contributed by atoms with Crippen LogP contribution in [-0.4, -0.2) is 17.2 Å². The minimum absolute atomic E-state index is 0.418. The molecule has 0 aromatic heterocycles. The minimum atomic E-state index is -0.887. The third-order valence-corrected chi connectivity index (χ3v) is 3.66. The van der Waals surface area contributed by atoms with Crippen LogP contribution in [-0.2, 0) is 11.3 Å². The number of fused-ring (bicyclic) bond motifs is 1. The summed E-state index contributed by atoms with van der Waals surface area (Å²) in [5, 5.41) is 20.0. The van der Waals surface area contributed by atoms with Crippen LogP contribution in [0.15, 0.2) is 47.4 Å². The number of thiol groups is 1. The van der Waals surface area contributed by atoms with Gasteiger partial charge >= 0.3 is 7.12 Å². The highest BCUT2D eigenvalue weighted by molar-refractivity contribution is 7.80. The molecule has 1 aliphatic heterocycles. The molecule has 0 spiro atoms. The first-order valence-corrected chi connectivity index (χ1v) is 6.49. The number of aliphatic hydroxyl groups excluding tert-OH is 1. The van der Waals surface area contributed by atoms with Gasteiger partial charge in [0.2, 0.25) is 0 Å². The first kappa shape index (κ1) is 12.8. The smallest absolute Gasteiger partial charge is 0.423 e. The molecule has 1 aliphatic rings. The summed E-state index contributed by atoms with van der Waals surface area (Å²) >= 11 is 4.22. The van der Waals surface area contributed by atoms with Gasteiger partial charge in [-0.05, 0) is 34.3 Å². The first-order chi connectivity index (χ1) is 9.15. The average molecular weight is 272 g/mol. The summed E-state index contributed by atoms with van der Waals surface area (Å²) in [6.07, 6.45) is -0.716. The van der Waals surface area contributed by atoms with Crippen molar-refractivity contribution in [3.05, 3.63) is 59.2 Å². The molecule has 5 heteroatoms. The molecule has 1 atom stereocenters. The third-order valence-electron chi connectivity index (χ3n) is 3.36. The minimum Gasteiger partial charge on any atom is -0.423 e. The van der Waals surface area contributed by atoms with Crippen LogP contribution in [0, 0.1) is 0 Å². The van der Waals surface area contributed by atoms with Crippen LogP contribution in [0.25, 0.3) is 0 Å². The van der Waals surface area contributed by atoms with Crippen molar-refractivity contribution in [3.8, 4) is 0 Å². The van der Waals surface area contributed by atoms with Gasteiger partial charge in [0.15, 0.2) is 0 Å². The Balaban J connectivity index is 1.94. The maximum atomic E-state index is 10.4. The van der Waals surface area contributed by atoms with Gasteiger partial charge in [-0.1, -0.05) is 30.3 Å². The first-order valence-electron chi connectivity index (χ1n) is 6.04. The Hall–Kier alpha value is -1.27. The predicted molar refractivity (Wildman–Crippen MR) is 76.6 cm³/mol. The Kier molecular flexibility index (Phi) is 3.37. The third kappa shape index (κ3) is 2.42. The second kappa shape index (κ2) is 5.02. The maximum Gasteiger partial charge on any atom is 0.491 e. The van der Waals surface area contributed by atoms with Crippen LogP contribution in [0.3, 0.4) is 0 Å². The van der Waals surface area contributed by atoms with E-state index in [4.69, 9.17) is 4.65 Å². The molecule has 96 valence electrons. The van der Waals surface area contributed by atoms with Crippen LogP contribution in [0.5, 0.6) is 0 Å². The lowest BCUT2D eigenvalue weighted by molar-refractivity contribution is 0.220. The molecule has 2 aromatic rings. The van der Waals surface area contributed by atoms with Gasteiger partial charge < -0.3 is 14.8 Å². The molecule has 0 radical (unpaired) electrons. The molecule has 0 amide bonds. The Morgan fingerprint density at radius 3 is 2.53 bits per heavy atom. The fraction of sp³-hybridized carbons (Fsp3) is 0.143. The zero-order valence-electron chi connectivity index (χ0n) is 10.2. The standard InChI is InChI=1S/C14H13BO3S/c16-14(9-3-5-12(19)6-4-9)10-1-2-11-8-18-15(17)13(11)7-10/h1-7,14,16-17,19H,8H2. The largest absolute Gasteiger partial charge is 0.491 e. The van der Waals surface area contributed by atoms with Gasteiger partial charge in [0.1, 0.15) is 6.10 Å². The highest BCUT2D eigenvalue weighted by atomic mass is 32.1. The Labute approximate surface area is 117 Å². The second-order valence-electron chi connectivity index (χ2n) is 4.62. The molecule has 19 heavy (non-hydrogen) atoms. The second-order valence-corrected chi connectivity index (χ2v) is 5.13. The molecule has 1 unspecified atom stereocenters. The quantitative estimate of drug-likeness (QED) is 0.570. The van der Waals surface area contributed by atoms with Crippen LogP contribution in [0.1, 0.15) is 22.8 Å². The van der Waals surface area contributed by atoms with Gasteiger partial charge in [-0.2, -0.15) is 0 Å². The Morgan fingerprint density at radius 2 is 1.79 bits per heavy atom. The van der Waals surface area contributed by atoms with E-state index in [9.17, 15) is 10.1 Å². The summed E-state index contributed by atoms with van der Waals surface area (Å²) in [7, 11) is -0.887. The molecule has 0 aliphatic carbocycles. The molecule has 1 heterocycles. The Morgan fingerprint density at radius 1 is 1.11 bits per heavy atom. The summed E-state index contributed by atoms with van der Waals surface area (Å²) in [4.78, 5) is 0.855. The zero-order valence-corrected chi connectivity index (χ0v) is 11.0. The summed E-state index contributed by atoms with van der Waals surface area (Å²) in [5.74, 6) is 0. The summed E-state index contributed by atoms with van der Waals surface area (Å²) < 4.78 is 5.14. The molecule has 2 N–H and O–H groups in total. The summed E-state index contributed by atoms with van der Waals surface area (Å²) in [6.45, 7) is 0.418. The van der Waals surface area contributed by atoms with Gasteiger partial charge in [0.05, 0.1) is 6.61 Å². The van der Waals surface area contributed by atoms with Crippen molar-refractivity contribution in [1.82, 2.24) is 0 Å². The van der Waals surface area contributed by atoms with Crippen molar-refractivity contribution >= 4 is 25.2 Å². The van der Waals surface area contributed by atoms with Crippen LogP contribution < -0.4 is 5.46 Å². The van der Waals surface area contributed by atoms with Crippen LogP contribution in [0.2, 0.25) is 0 Å². The van der Waals surface area contributed by atoms with Crippen molar-refractivity contribution in [2.75, 3.05) is 0 Å². The van der Waals surface area contributed by atoms with E-state index in [1.807, 2.05) is 36.4 Å². The zero-order chi connectivity index (χ0) is 13.4. The van der Waals surface area contributed by atoms with E-state index >= 15 is 0 Å². The molecule has 2 aromatic carbocycles. The average Bonchev–Trinajstić information content (AvgIpc) is 2.80. The molecular formula is C14H13BO3S. The van der Waals surface area contributed by atoms with Crippen molar-refractivity contribution in [3.63, 3.8) is 0 Å². The number of rotatable bonds is 2. The van der Waals surface area contributed by atoms with Gasteiger partial charge in [0, 0.05) is 4.90 Å². The number of hydrogen-bond acceptors (Lipinski definition) is 4. The van der Waals surface area contributed by atoms with Gasteiger partial charge in [-0.25, -0.2) is 0 Å². The van der Waals surface area contributed by atoms with E-state index in [1.54, 1.807) is 6.07 Å². The summed E-state index contributed by atoms with van der Waals surface area (Å²) in [6, 6.07) is 12.9. The predicted octanol–water partition coefficient (Wildman–Crippen LogP) is 1.27. The van der Waals surface area contributed by atoms with Crippen molar-refractivity contribution < 1.29 is 14.8 Å². The molecule has 0 fully saturated rings. The molecule has 3 rings (SSSR count). The summed E-state index contributed by atoms with van der Waals surface area (Å²) in [5.41, 5.74) is 3.25. The van der Waals surface area contributed by atoms with E-state index in [-0.39, 0.29) is 0 Å². The Bertz CT molecular complexity index is 600. The number of hydrogen-bond donors (Lipinski definition) is 3. The van der Waals surface area contributed by atoms with E-state index in [0.717, 1.165) is 27.0 Å². The topological polar surface area (TPSA) is 49.7 Å². The van der Waals surface area contributed by atoms with Gasteiger partial charge in [-0.15, -0.1) is 12.6 Å². The fourth-order valence-electron chi connectivity index (χ4n) is 2.25. The van der Waals surface area contributed by atoms with E-state index in [1.165, 1.54) is 0 Å². The van der Waals surface area contributed by atoms with E-state index in [0.29, 0.717) is 6.61 Å². The van der Waals surface area contributed by atoms with Gasteiger partial charge in [0.25, 0.3) is 0 Å². The monoisotopic (exact) mass is 272 g/mol. The van der Waals surface area contributed by atoms with Crippen molar-refractivity contribution in [1.29, 1.82) is 0 Å². The highest BCUT2D eigenvalue weighted by Gasteiger charge is 2.28. The lowest BCUT2D eigenvalue weighted by Gasteiger charge is -2.13. The lowest BCUT2D eigenvalue weighted by atomic mass is 9.78. The van der Waals surface area contributed by atoms with E-state index in [2.05, 4.69) is 12.6 Å². The van der Waals surface area contributed by atoms with Gasteiger partial charge in [-0.3, -0.25) is 0 Å². The molecule has 3 nitrogen and oxygen atoms in total. The highest BCUT2D eigenvalue weighted by Crippen LogP contribution is 2.24. The van der Waals surface area contributed by atoms with Crippen molar-refractivity contribution in [2.45, 2.75) is 17.6 Å². The molecular weight excluding hydrogens is 259 g/mol. The lowest BCUT2D eigenvalue weighted by Crippen LogP contribution is -2.28. The van der Waals surface area contributed by atoms with E-state index < -0.39 is 13.2 Å². The van der Waals surface area contributed by atoms with Crippen LogP contribution >= 0.6 is 12.6 Å². The van der Waals surface area contributed by atoms with Crippen molar-refractivity contribution in [2.24, 2.45) is 0 Å². The SMILES string of the molecule is OB1OCc2ccc(C(O)c3ccc(S)cc3)cc21. The fourth-order valence-corrected chi connectivity index (χ4v) is 2.40. The molecule has 0 saturated heterocycles. The molecule has 0 bridgehead atoms. The normalized spacial score (nSPS) is 15.4. The number of benzene rings is 2. The number of aliphatic hydroxyl groups is 1. The molecule has 0 saturated carbocycles. The van der Waals surface area contributed by atoms with Crippen LogP contribution in [0.4, 0.5) is 0 Å².